The van der Waals surface area contributed by atoms with Gasteiger partial charge in [0, 0.05) is 12.6 Å². The van der Waals surface area contributed by atoms with Crippen molar-refractivity contribution in [3.05, 3.63) is 23.8 Å². The summed E-state index contributed by atoms with van der Waals surface area (Å²) in [5.74, 6) is 0.643. The predicted molar refractivity (Wildman–Crippen MR) is 66.9 cm³/mol. The third-order valence-corrected chi connectivity index (χ3v) is 3.16. The lowest BCUT2D eigenvalue weighted by Gasteiger charge is -2.24. The summed E-state index contributed by atoms with van der Waals surface area (Å²) in [5.41, 5.74) is 1.93. The molecule has 0 radical (unpaired) electrons. The Bertz CT molecular complexity index is 456. The number of ether oxygens (including phenoxy) is 2. The molecule has 1 atom stereocenters. The zero-order valence-corrected chi connectivity index (χ0v) is 10.1. The molecule has 0 aromatic heterocycles. The molecule has 1 aromatic rings. The number of hydrogen-bond acceptors (Lipinski definition) is 4. The Balaban J connectivity index is 1.73. The zero-order chi connectivity index (χ0) is 12.4. The lowest BCUT2D eigenvalue weighted by molar-refractivity contribution is -0.118. The van der Waals surface area contributed by atoms with Gasteiger partial charge in [-0.2, -0.15) is 0 Å². The van der Waals surface area contributed by atoms with Crippen LogP contribution in [0.15, 0.2) is 18.2 Å². The van der Waals surface area contributed by atoms with Gasteiger partial charge < -0.3 is 20.1 Å². The van der Waals surface area contributed by atoms with Gasteiger partial charge in [0.1, 0.15) is 5.75 Å². The number of nitrogens with one attached hydrogen (secondary N) is 2. The second-order valence-electron chi connectivity index (χ2n) is 4.60. The molecule has 3 rings (SSSR count). The molecule has 5 nitrogen and oxygen atoms in total. The van der Waals surface area contributed by atoms with Crippen molar-refractivity contribution in [1.82, 2.24) is 5.32 Å². The molecule has 0 bridgehead atoms. The summed E-state index contributed by atoms with van der Waals surface area (Å²) < 4.78 is 10.8. The Morgan fingerprint density at radius 1 is 1.39 bits per heavy atom. The van der Waals surface area contributed by atoms with Crippen LogP contribution in [0, 0.1) is 0 Å². The van der Waals surface area contributed by atoms with Gasteiger partial charge in [0.15, 0.2) is 6.61 Å². The highest BCUT2D eigenvalue weighted by molar-refractivity contribution is 5.95. The smallest absolute Gasteiger partial charge is 0.262 e. The largest absolute Gasteiger partial charge is 0.482 e. The first-order valence-corrected chi connectivity index (χ1v) is 6.18. The molecular weight excluding hydrogens is 232 g/mol. The van der Waals surface area contributed by atoms with Crippen LogP contribution in [0.3, 0.4) is 0 Å². The standard InChI is InChI=1S/C13H16N2O3/c16-13-8-18-12-2-1-9(6-11(12)15-13)5-10-7-17-4-3-14-10/h1-2,6,10,14H,3-5,7-8H2,(H,15,16). The van der Waals surface area contributed by atoms with Crippen LogP contribution < -0.4 is 15.4 Å². The highest BCUT2D eigenvalue weighted by Gasteiger charge is 2.18. The maximum absolute atomic E-state index is 11.3. The van der Waals surface area contributed by atoms with Crippen molar-refractivity contribution in [3.63, 3.8) is 0 Å². The van der Waals surface area contributed by atoms with Crippen LogP contribution in [0.2, 0.25) is 0 Å². The lowest BCUT2D eigenvalue weighted by atomic mass is 10.0. The molecule has 1 amide bonds. The fraction of sp³-hybridized carbons (Fsp3) is 0.462. The number of carbonyl (C=O) groups is 1. The van der Waals surface area contributed by atoms with Gasteiger partial charge in [-0.05, 0) is 24.1 Å². The zero-order valence-electron chi connectivity index (χ0n) is 10.1. The van der Waals surface area contributed by atoms with Gasteiger partial charge >= 0.3 is 0 Å². The van der Waals surface area contributed by atoms with Crippen LogP contribution in [0.25, 0.3) is 0 Å². The summed E-state index contributed by atoms with van der Waals surface area (Å²) >= 11 is 0. The fourth-order valence-corrected chi connectivity index (χ4v) is 2.29. The summed E-state index contributed by atoms with van der Waals surface area (Å²) in [6.45, 7) is 2.52. The van der Waals surface area contributed by atoms with Crippen molar-refractivity contribution in [2.75, 3.05) is 31.7 Å². The van der Waals surface area contributed by atoms with Crippen LogP contribution in [-0.4, -0.2) is 38.3 Å². The van der Waals surface area contributed by atoms with E-state index in [0.717, 1.165) is 37.6 Å². The molecule has 5 heteroatoms. The molecule has 2 aliphatic heterocycles. The van der Waals surface area contributed by atoms with E-state index in [1.165, 1.54) is 5.56 Å². The maximum atomic E-state index is 11.3. The first-order valence-electron chi connectivity index (χ1n) is 6.18. The highest BCUT2D eigenvalue weighted by atomic mass is 16.5. The Morgan fingerprint density at radius 3 is 3.17 bits per heavy atom. The van der Waals surface area contributed by atoms with Gasteiger partial charge in [0.25, 0.3) is 5.91 Å². The molecule has 0 spiro atoms. The van der Waals surface area contributed by atoms with Gasteiger partial charge in [-0.3, -0.25) is 4.79 Å². The Hall–Kier alpha value is -1.59. The molecule has 18 heavy (non-hydrogen) atoms. The number of rotatable bonds is 2. The number of amides is 1. The summed E-state index contributed by atoms with van der Waals surface area (Å²) in [4.78, 5) is 11.3. The van der Waals surface area contributed by atoms with Crippen LogP contribution in [0.1, 0.15) is 5.56 Å². The lowest BCUT2D eigenvalue weighted by Crippen LogP contribution is -2.42. The average Bonchev–Trinajstić information content (AvgIpc) is 2.39. The number of anilines is 1. The van der Waals surface area contributed by atoms with E-state index >= 15 is 0 Å². The molecular formula is C13H16N2O3. The number of carbonyl (C=O) groups excluding carboxylic acids is 1. The van der Waals surface area contributed by atoms with E-state index in [1.807, 2.05) is 18.2 Å². The van der Waals surface area contributed by atoms with Crippen molar-refractivity contribution in [1.29, 1.82) is 0 Å². The van der Waals surface area contributed by atoms with Crippen LogP contribution >= 0.6 is 0 Å². The molecule has 0 aliphatic carbocycles. The minimum atomic E-state index is -0.0984. The summed E-state index contributed by atoms with van der Waals surface area (Å²) in [7, 11) is 0. The van der Waals surface area contributed by atoms with Crippen LogP contribution in [-0.2, 0) is 16.0 Å². The summed E-state index contributed by atoms with van der Waals surface area (Å²) in [6, 6.07) is 6.26. The van der Waals surface area contributed by atoms with E-state index in [1.54, 1.807) is 0 Å². The van der Waals surface area contributed by atoms with Gasteiger partial charge in [0.05, 0.1) is 18.9 Å². The van der Waals surface area contributed by atoms with E-state index in [2.05, 4.69) is 10.6 Å². The van der Waals surface area contributed by atoms with Gasteiger partial charge in [-0.15, -0.1) is 0 Å². The minimum absolute atomic E-state index is 0.0984. The maximum Gasteiger partial charge on any atom is 0.262 e. The topological polar surface area (TPSA) is 59.6 Å². The predicted octanol–water partition coefficient (Wildman–Crippen LogP) is 0.548. The second-order valence-corrected chi connectivity index (χ2v) is 4.60. The van der Waals surface area contributed by atoms with Crippen molar-refractivity contribution < 1.29 is 14.3 Å². The van der Waals surface area contributed by atoms with Gasteiger partial charge in [-0.25, -0.2) is 0 Å². The van der Waals surface area contributed by atoms with E-state index in [-0.39, 0.29) is 12.5 Å². The van der Waals surface area contributed by atoms with Gasteiger partial charge in [0.2, 0.25) is 0 Å². The quantitative estimate of drug-likeness (QED) is 0.802. The van der Waals surface area contributed by atoms with Crippen molar-refractivity contribution >= 4 is 11.6 Å². The molecule has 96 valence electrons. The first-order chi connectivity index (χ1) is 8.81. The number of benzene rings is 1. The van der Waals surface area contributed by atoms with Crippen LogP contribution in [0.5, 0.6) is 5.75 Å². The highest BCUT2D eigenvalue weighted by Crippen LogP contribution is 2.28. The third kappa shape index (κ3) is 2.47. The number of morpholine rings is 1. The van der Waals surface area contributed by atoms with E-state index in [9.17, 15) is 4.79 Å². The van der Waals surface area contributed by atoms with E-state index < -0.39 is 0 Å². The molecule has 1 fully saturated rings. The Kier molecular flexibility index (Phi) is 3.17. The molecule has 1 saturated heterocycles. The fourth-order valence-electron chi connectivity index (χ4n) is 2.29. The Morgan fingerprint density at radius 2 is 2.33 bits per heavy atom. The molecule has 2 heterocycles. The van der Waals surface area contributed by atoms with Crippen molar-refractivity contribution in [3.8, 4) is 5.75 Å². The SMILES string of the molecule is O=C1COc2ccc(CC3COCCN3)cc2N1. The molecule has 2 N–H and O–H groups in total. The van der Waals surface area contributed by atoms with E-state index in [4.69, 9.17) is 9.47 Å². The molecule has 1 unspecified atom stereocenters. The van der Waals surface area contributed by atoms with Crippen molar-refractivity contribution in [2.24, 2.45) is 0 Å². The minimum Gasteiger partial charge on any atom is -0.482 e. The number of hydrogen-bond donors (Lipinski definition) is 2. The average molecular weight is 248 g/mol. The molecule has 2 aliphatic rings. The van der Waals surface area contributed by atoms with Crippen LogP contribution in [0.4, 0.5) is 5.69 Å². The van der Waals surface area contributed by atoms with E-state index in [0.29, 0.717) is 6.04 Å². The summed E-state index contributed by atoms with van der Waals surface area (Å²) in [6.07, 6.45) is 0.892. The van der Waals surface area contributed by atoms with Gasteiger partial charge in [-0.1, -0.05) is 6.07 Å². The Labute approximate surface area is 105 Å². The normalized spacial score (nSPS) is 22.9. The molecule has 1 aromatic carbocycles. The first kappa shape index (κ1) is 11.5. The monoisotopic (exact) mass is 248 g/mol. The third-order valence-electron chi connectivity index (χ3n) is 3.16. The second kappa shape index (κ2) is 4.96. The van der Waals surface area contributed by atoms with Crippen molar-refractivity contribution in [2.45, 2.75) is 12.5 Å². The summed E-state index contributed by atoms with van der Waals surface area (Å²) in [5, 5.41) is 6.23. The molecule has 0 saturated carbocycles. The number of fused-ring (bicyclic) bond motifs is 1.